The van der Waals surface area contributed by atoms with Gasteiger partial charge in [-0.2, -0.15) is 0 Å². The van der Waals surface area contributed by atoms with Crippen LogP contribution in [0.3, 0.4) is 0 Å². The van der Waals surface area contributed by atoms with Crippen molar-refractivity contribution in [2.24, 2.45) is 0 Å². The molecule has 6 rings (SSSR count). The van der Waals surface area contributed by atoms with E-state index in [1.807, 2.05) is 60.7 Å². The average Bonchev–Trinajstić information content (AvgIpc) is 2.91. The van der Waals surface area contributed by atoms with Gasteiger partial charge in [0, 0.05) is 44.9 Å². The summed E-state index contributed by atoms with van der Waals surface area (Å²) in [6, 6.07) is 28.8. The van der Waals surface area contributed by atoms with Gasteiger partial charge < -0.3 is 14.4 Å². The zero-order valence-corrected chi connectivity index (χ0v) is 20.1. The molecule has 4 heterocycles. The molecule has 0 fully saturated rings. The first kappa shape index (κ1) is 23.1. The summed E-state index contributed by atoms with van der Waals surface area (Å²) in [6.45, 7) is 0. The Hall–Kier alpha value is -4.06. The number of benzene rings is 2. The molecule has 0 unspecified atom stereocenters. The quantitative estimate of drug-likeness (QED) is 0.197. The molecule has 0 aliphatic carbocycles. The van der Waals surface area contributed by atoms with Gasteiger partial charge in [-0.3, -0.25) is 4.79 Å². The van der Waals surface area contributed by atoms with Crippen LogP contribution in [0.5, 0.6) is 0 Å². The van der Waals surface area contributed by atoms with Crippen LogP contribution in [0.2, 0.25) is 0 Å². The van der Waals surface area contributed by atoms with Crippen molar-refractivity contribution in [2.75, 3.05) is 0 Å². The Labute approximate surface area is 208 Å². The second-order valence-electron chi connectivity index (χ2n) is 6.94. The van der Waals surface area contributed by atoms with Gasteiger partial charge in [-0.25, -0.2) is 9.97 Å². The first-order valence-electron chi connectivity index (χ1n) is 10.2. The fourth-order valence-corrected chi connectivity index (χ4v) is 3.32. The molecule has 0 spiro atoms. The van der Waals surface area contributed by atoms with Crippen LogP contribution in [0.4, 0.5) is 0 Å². The molecule has 4 aromatic heterocycles. The molecule has 0 amide bonds. The molecular weight excluding hydrogens is 605 g/mol. The maximum Gasteiger partial charge on any atom is 0.240 e. The van der Waals surface area contributed by atoms with Crippen LogP contribution in [-0.4, -0.2) is 19.9 Å². The zero-order valence-electron chi connectivity index (χ0n) is 17.7. The van der Waals surface area contributed by atoms with Crippen LogP contribution in [-0.2, 0) is 20.1 Å². The molecule has 0 saturated heterocycles. The maximum atomic E-state index is 12.5. The van der Waals surface area contributed by atoms with E-state index in [0.717, 1.165) is 11.3 Å². The Morgan fingerprint density at radius 1 is 0.676 bits per heavy atom. The first-order chi connectivity index (χ1) is 16.3. The number of aromatic nitrogens is 4. The summed E-state index contributed by atoms with van der Waals surface area (Å²) in [5.41, 5.74) is 4.00. The minimum atomic E-state index is -0.203. The normalized spacial score (nSPS) is 10.2. The van der Waals surface area contributed by atoms with Crippen molar-refractivity contribution in [2.45, 2.75) is 0 Å². The maximum absolute atomic E-state index is 12.5. The summed E-state index contributed by atoms with van der Waals surface area (Å²) in [7, 11) is 0. The van der Waals surface area contributed by atoms with Crippen LogP contribution in [0.15, 0.2) is 107 Å². The van der Waals surface area contributed by atoms with Crippen LogP contribution in [0.1, 0.15) is 0 Å². The summed E-state index contributed by atoms with van der Waals surface area (Å²) in [5.74, 6) is 0. The molecule has 167 valence electrons. The standard InChI is InChI=1S/C16H8N3O2.C11H8N.Ir/c20-14-11-5-3-4-10(12-6-1-2-7-17-12)15(11)21-16-13(14)18-8-9-19-16;1-2-6-10(7-3-1)11-8-4-5-9-12-11;/h1-3,5-9H;1-6,8-9H;/q2*-1;. The van der Waals surface area contributed by atoms with E-state index in [4.69, 9.17) is 4.42 Å². The van der Waals surface area contributed by atoms with Gasteiger partial charge in [0.1, 0.15) is 0 Å². The Bertz CT molecular complexity index is 1540. The predicted octanol–water partition coefficient (Wildman–Crippen LogP) is 5.14. The van der Waals surface area contributed by atoms with Gasteiger partial charge in [0.15, 0.2) is 5.52 Å². The van der Waals surface area contributed by atoms with Crippen LogP contribution >= 0.6 is 0 Å². The van der Waals surface area contributed by atoms with E-state index in [9.17, 15) is 4.79 Å². The van der Waals surface area contributed by atoms with Gasteiger partial charge in [0.05, 0.1) is 5.58 Å². The first-order valence-corrected chi connectivity index (χ1v) is 10.2. The van der Waals surface area contributed by atoms with E-state index in [2.05, 4.69) is 32.1 Å². The summed E-state index contributed by atoms with van der Waals surface area (Å²) in [6.07, 6.45) is 6.43. The SMILES string of the molecule is O=c1c2cc[c-]c(-c3ccccn3)c2oc2nccnc12.[Ir].[c-]1ccccc1-c1ccccn1. The molecule has 7 heteroatoms. The van der Waals surface area contributed by atoms with Crippen molar-refractivity contribution in [3.63, 3.8) is 0 Å². The van der Waals surface area contributed by atoms with Gasteiger partial charge in [-0.05, 0) is 28.9 Å². The van der Waals surface area contributed by atoms with E-state index in [1.54, 1.807) is 24.5 Å². The van der Waals surface area contributed by atoms with E-state index in [-0.39, 0.29) is 36.8 Å². The second-order valence-corrected chi connectivity index (χ2v) is 6.94. The van der Waals surface area contributed by atoms with E-state index < -0.39 is 0 Å². The number of fused-ring (bicyclic) bond motifs is 2. The van der Waals surface area contributed by atoms with Gasteiger partial charge >= 0.3 is 0 Å². The molecule has 0 saturated carbocycles. The molecule has 6 aromatic rings. The fraction of sp³-hybridized carbons (Fsp3) is 0. The summed E-state index contributed by atoms with van der Waals surface area (Å²) < 4.78 is 5.77. The Morgan fingerprint density at radius 2 is 1.41 bits per heavy atom. The Balaban J connectivity index is 0.000000180. The molecule has 0 bridgehead atoms. The van der Waals surface area contributed by atoms with Gasteiger partial charge in [0.25, 0.3) is 0 Å². The number of hydrogen-bond donors (Lipinski definition) is 0. The predicted molar refractivity (Wildman–Crippen MR) is 126 cm³/mol. The van der Waals surface area contributed by atoms with Crippen LogP contribution in [0.25, 0.3) is 44.7 Å². The third-order valence-electron chi connectivity index (χ3n) is 4.84. The average molecular weight is 621 g/mol. The van der Waals surface area contributed by atoms with Crippen molar-refractivity contribution < 1.29 is 24.5 Å². The van der Waals surface area contributed by atoms with E-state index in [1.165, 1.54) is 12.4 Å². The number of hydrogen-bond acceptors (Lipinski definition) is 6. The summed E-state index contributed by atoms with van der Waals surface area (Å²) in [4.78, 5) is 29.1. The van der Waals surface area contributed by atoms with Crippen molar-refractivity contribution >= 4 is 22.2 Å². The largest absolute Gasteiger partial charge is 0.485 e. The minimum Gasteiger partial charge on any atom is -0.485 e. The molecule has 0 atom stereocenters. The second kappa shape index (κ2) is 10.7. The number of pyridine rings is 2. The topological polar surface area (TPSA) is 81.8 Å². The van der Waals surface area contributed by atoms with E-state index >= 15 is 0 Å². The van der Waals surface area contributed by atoms with Gasteiger partial charge in [-0.1, -0.05) is 29.8 Å². The molecule has 2 aromatic carbocycles. The Kier molecular flexibility index (Phi) is 7.28. The molecule has 0 aliphatic heterocycles. The molecule has 1 radical (unpaired) electrons. The summed E-state index contributed by atoms with van der Waals surface area (Å²) in [5, 5.41) is 0.447. The third kappa shape index (κ3) is 4.81. The number of nitrogens with zero attached hydrogens (tertiary/aromatic N) is 4. The van der Waals surface area contributed by atoms with Crippen molar-refractivity contribution in [1.29, 1.82) is 0 Å². The van der Waals surface area contributed by atoms with Crippen molar-refractivity contribution in [3.8, 4) is 22.5 Å². The fourth-order valence-electron chi connectivity index (χ4n) is 3.32. The van der Waals surface area contributed by atoms with Crippen molar-refractivity contribution in [3.05, 3.63) is 120 Å². The smallest absolute Gasteiger partial charge is 0.240 e. The molecular formula is C27H16IrN4O2-2. The zero-order chi connectivity index (χ0) is 22.5. The third-order valence-corrected chi connectivity index (χ3v) is 4.84. The van der Waals surface area contributed by atoms with Gasteiger partial charge in [-0.15, -0.1) is 54.1 Å². The number of rotatable bonds is 2. The van der Waals surface area contributed by atoms with Crippen LogP contribution in [0, 0.1) is 12.1 Å². The molecule has 34 heavy (non-hydrogen) atoms. The molecule has 6 nitrogen and oxygen atoms in total. The monoisotopic (exact) mass is 621 g/mol. The Morgan fingerprint density at radius 3 is 2.12 bits per heavy atom. The van der Waals surface area contributed by atoms with E-state index in [0.29, 0.717) is 22.2 Å². The molecule has 0 N–H and O–H groups in total. The van der Waals surface area contributed by atoms with Gasteiger partial charge in [0.2, 0.25) is 11.1 Å². The van der Waals surface area contributed by atoms with Crippen molar-refractivity contribution in [1.82, 2.24) is 19.9 Å². The molecule has 0 aliphatic rings. The van der Waals surface area contributed by atoms with Crippen LogP contribution < -0.4 is 5.43 Å². The minimum absolute atomic E-state index is 0. The summed E-state index contributed by atoms with van der Waals surface area (Å²) >= 11 is 0.